The Hall–Kier alpha value is -4.23. The van der Waals surface area contributed by atoms with Crippen LogP contribution in [0.1, 0.15) is 6.92 Å². The molecule has 47 heavy (non-hydrogen) atoms. The molecule has 0 aliphatic carbocycles. The third kappa shape index (κ3) is 10.6. The molecule has 1 N–H and O–H groups in total. The van der Waals surface area contributed by atoms with E-state index in [1.807, 2.05) is 0 Å². The quantitative estimate of drug-likeness (QED) is 0.349. The van der Waals surface area contributed by atoms with Gasteiger partial charge in [-0.3, -0.25) is 0 Å². The second-order valence-electron chi connectivity index (χ2n) is 9.01. The molecule has 1 aliphatic rings. The van der Waals surface area contributed by atoms with Crippen molar-refractivity contribution < 1.29 is 80.1 Å². The standard InChI is InChI=1S/C20H18F15N9O3/c1-2-36-10-37-11(39-13(38-10)45-7-16(21,22)23)43-3-5-44(6-4-43)12-40-14(46-8(17(24,25)26)18(27,28)29)42-15(41-12)47-9(19(30,31)32)20(33,34)35/h8-9H,2-7H2,1H3,(H,36,37,38,39). The van der Waals surface area contributed by atoms with Crippen LogP contribution in [0.25, 0.3) is 0 Å². The number of ether oxygens (including phenoxy) is 3. The van der Waals surface area contributed by atoms with Crippen LogP contribution in [0.5, 0.6) is 18.0 Å². The van der Waals surface area contributed by atoms with Gasteiger partial charge in [-0.25, -0.2) is 0 Å². The molecule has 0 saturated carbocycles. The number of hydrogen-bond acceptors (Lipinski definition) is 12. The van der Waals surface area contributed by atoms with Gasteiger partial charge in [-0.1, -0.05) is 0 Å². The van der Waals surface area contributed by atoms with Crippen molar-refractivity contribution in [1.82, 2.24) is 29.9 Å². The zero-order chi connectivity index (χ0) is 35.6. The second kappa shape index (κ2) is 13.5. The minimum atomic E-state index is -6.20. The Morgan fingerprint density at radius 1 is 0.574 bits per heavy atom. The lowest BCUT2D eigenvalue weighted by atomic mass is 10.3. The van der Waals surface area contributed by atoms with Gasteiger partial charge in [0.2, 0.25) is 17.8 Å². The summed E-state index contributed by atoms with van der Waals surface area (Å²) in [5, 5.41) is 2.61. The first-order valence-electron chi connectivity index (χ1n) is 12.4. The van der Waals surface area contributed by atoms with Crippen molar-refractivity contribution >= 4 is 17.8 Å². The lowest BCUT2D eigenvalue weighted by molar-refractivity contribution is -0.302. The first-order chi connectivity index (χ1) is 21.4. The molecular formula is C20H18F15N9O3. The Morgan fingerprint density at radius 2 is 0.957 bits per heavy atom. The number of hydrogen-bond donors (Lipinski definition) is 1. The predicted octanol–water partition coefficient (Wildman–Crippen LogP) is 4.50. The molecule has 1 aliphatic heterocycles. The average Bonchev–Trinajstić information content (AvgIpc) is 2.91. The monoisotopic (exact) mass is 717 g/mol. The van der Waals surface area contributed by atoms with Crippen LogP contribution in [0.4, 0.5) is 83.7 Å². The molecule has 0 atom stereocenters. The third-order valence-electron chi connectivity index (χ3n) is 5.37. The van der Waals surface area contributed by atoms with Gasteiger partial charge in [-0.05, 0) is 6.92 Å². The highest BCUT2D eigenvalue weighted by Gasteiger charge is 2.61. The van der Waals surface area contributed by atoms with E-state index < -0.39 is 86.8 Å². The highest BCUT2D eigenvalue weighted by molar-refractivity contribution is 5.42. The van der Waals surface area contributed by atoms with Gasteiger partial charge in [-0.2, -0.15) is 90.8 Å². The summed E-state index contributed by atoms with van der Waals surface area (Å²) in [6.45, 7) is -1.42. The van der Waals surface area contributed by atoms with Gasteiger partial charge in [0.1, 0.15) is 0 Å². The van der Waals surface area contributed by atoms with Crippen molar-refractivity contribution in [2.75, 3.05) is 54.4 Å². The van der Waals surface area contributed by atoms with Gasteiger partial charge in [0.15, 0.2) is 6.61 Å². The van der Waals surface area contributed by atoms with Gasteiger partial charge in [-0.15, -0.1) is 4.98 Å². The molecule has 3 heterocycles. The van der Waals surface area contributed by atoms with Crippen LogP contribution in [-0.2, 0) is 0 Å². The average molecular weight is 717 g/mol. The summed E-state index contributed by atoms with van der Waals surface area (Å²) >= 11 is 0. The molecule has 0 bridgehead atoms. The summed E-state index contributed by atoms with van der Waals surface area (Å²) in [5.74, 6) is -1.58. The zero-order valence-electron chi connectivity index (χ0n) is 22.9. The van der Waals surface area contributed by atoms with Gasteiger partial charge in [0, 0.05) is 32.7 Å². The lowest BCUT2D eigenvalue weighted by Crippen LogP contribution is -2.49. The van der Waals surface area contributed by atoms with Crippen LogP contribution >= 0.6 is 0 Å². The summed E-state index contributed by atoms with van der Waals surface area (Å²) in [5.41, 5.74) is 0. The first-order valence-corrected chi connectivity index (χ1v) is 12.4. The van der Waals surface area contributed by atoms with Crippen LogP contribution < -0.4 is 29.3 Å². The zero-order valence-corrected chi connectivity index (χ0v) is 22.9. The maximum atomic E-state index is 13.0. The fraction of sp³-hybridized carbons (Fsp3) is 0.700. The molecule has 12 nitrogen and oxygen atoms in total. The Kier molecular flexibility index (Phi) is 10.7. The number of piperazine rings is 1. The number of anilines is 3. The molecule has 2 aromatic heterocycles. The Bertz CT molecular complexity index is 1260. The van der Waals surface area contributed by atoms with Crippen LogP contribution in [0.15, 0.2) is 0 Å². The van der Waals surface area contributed by atoms with E-state index in [4.69, 9.17) is 0 Å². The van der Waals surface area contributed by atoms with E-state index in [0.717, 1.165) is 4.90 Å². The highest BCUT2D eigenvalue weighted by atomic mass is 19.4. The molecule has 0 amide bonds. The maximum Gasteiger partial charge on any atom is 0.434 e. The van der Waals surface area contributed by atoms with Gasteiger partial charge < -0.3 is 29.3 Å². The molecule has 0 spiro atoms. The molecule has 0 radical (unpaired) electrons. The normalized spacial score (nSPS) is 15.4. The molecule has 3 rings (SSSR count). The van der Waals surface area contributed by atoms with Crippen molar-refractivity contribution in [1.29, 1.82) is 0 Å². The molecule has 2 aromatic rings. The largest absolute Gasteiger partial charge is 0.454 e. The van der Waals surface area contributed by atoms with Crippen molar-refractivity contribution in [3.63, 3.8) is 0 Å². The van der Waals surface area contributed by atoms with E-state index in [1.54, 1.807) is 6.92 Å². The van der Waals surface area contributed by atoms with E-state index in [-0.39, 0.29) is 31.5 Å². The molecular weight excluding hydrogens is 699 g/mol. The number of aromatic nitrogens is 6. The van der Waals surface area contributed by atoms with E-state index in [9.17, 15) is 65.9 Å². The van der Waals surface area contributed by atoms with Crippen LogP contribution in [0.2, 0.25) is 0 Å². The molecule has 27 heteroatoms. The summed E-state index contributed by atoms with van der Waals surface area (Å²) in [7, 11) is 0. The Morgan fingerprint density at radius 3 is 1.32 bits per heavy atom. The third-order valence-corrected chi connectivity index (χ3v) is 5.37. The maximum absolute atomic E-state index is 13.0. The van der Waals surface area contributed by atoms with Crippen molar-refractivity contribution in [2.24, 2.45) is 0 Å². The fourth-order valence-corrected chi connectivity index (χ4v) is 3.47. The molecule has 0 unspecified atom stereocenters. The number of alkyl halides is 15. The summed E-state index contributed by atoms with van der Waals surface area (Å²) in [6.07, 6.45) is -38.9. The first kappa shape index (κ1) is 37.2. The second-order valence-corrected chi connectivity index (χ2v) is 9.01. The number of nitrogens with one attached hydrogen (secondary N) is 1. The molecule has 1 saturated heterocycles. The Labute approximate surface area is 251 Å². The van der Waals surface area contributed by atoms with E-state index in [2.05, 4.69) is 49.4 Å². The van der Waals surface area contributed by atoms with Crippen molar-refractivity contribution in [3.8, 4) is 18.0 Å². The predicted molar refractivity (Wildman–Crippen MR) is 123 cm³/mol. The summed E-state index contributed by atoms with van der Waals surface area (Å²) in [6, 6.07) is -4.75. The van der Waals surface area contributed by atoms with Gasteiger partial charge in [0.05, 0.1) is 0 Å². The number of rotatable bonds is 10. The molecule has 266 valence electrons. The molecule has 0 aromatic carbocycles. The number of halogens is 15. The topological polar surface area (TPSA) is 124 Å². The summed E-state index contributed by atoms with van der Waals surface area (Å²) < 4.78 is 206. The fourth-order valence-electron chi connectivity index (χ4n) is 3.47. The van der Waals surface area contributed by atoms with Gasteiger partial charge >= 0.3 is 48.9 Å². The lowest BCUT2D eigenvalue weighted by Gasteiger charge is -2.35. The van der Waals surface area contributed by atoms with Crippen LogP contribution in [0, 0.1) is 0 Å². The van der Waals surface area contributed by atoms with Crippen molar-refractivity contribution in [3.05, 3.63) is 0 Å². The van der Waals surface area contributed by atoms with E-state index in [1.165, 1.54) is 4.90 Å². The van der Waals surface area contributed by atoms with E-state index >= 15 is 0 Å². The SMILES string of the molecule is CCNc1nc(OCC(F)(F)F)nc(N2CCN(c3nc(OC(C(F)(F)F)C(F)(F)F)nc(OC(C(F)(F)F)C(F)(F)F)n3)CC2)n1. The van der Waals surface area contributed by atoms with Crippen LogP contribution in [-0.4, -0.2) is 112 Å². The summed E-state index contributed by atoms with van der Waals surface area (Å²) in [4.78, 5) is 22.6. The highest BCUT2D eigenvalue weighted by Crippen LogP contribution is 2.38. The Balaban J connectivity index is 1.94. The smallest absolute Gasteiger partial charge is 0.434 e. The van der Waals surface area contributed by atoms with E-state index in [0.29, 0.717) is 0 Å². The minimum Gasteiger partial charge on any atom is -0.454 e. The van der Waals surface area contributed by atoms with Gasteiger partial charge in [0.25, 0.3) is 12.2 Å². The number of nitrogens with zero attached hydrogens (tertiary/aromatic N) is 8. The molecule has 1 fully saturated rings. The van der Waals surface area contributed by atoms with Crippen molar-refractivity contribution in [2.45, 2.75) is 50.0 Å². The van der Waals surface area contributed by atoms with Crippen LogP contribution in [0.3, 0.4) is 0 Å². The minimum absolute atomic E-state index is 0.192.